The van der Waals surface area contributed by atoms with Crippen LogP contribution in [-0.2, 0) is 9.59 Å². The van der Waals surface area contributed by atoms with Crippen molar-refractivity contribution in [1.29, 1.82) is 0 Å². The van der Waals surface area contributed by atoms with Gasteiger partial charge in [0.25, 0.3) is 0 Å². The average Bonchev–Trinajstić information content (AvgIpc) is 2.32. The molecular formula is C13H24N2O4. The average molecular weight is 272 g/mol. The summed E-state index contributed by atoms with van der Waals surface area (Å²) in [4.78, 5) is 22.1. The summed E-state index contributed by atoms with van der Waals surface area (Å²) in [7, 11) is 0. The van der Waals surface area contributed by atoms with Gasteiger partial charge < -0.3 is 21.3 Å². The van der Waals surface area contributed by atoms with Gasteiger partial charge >= 0.3 is 5.97 Å². The van der Waals surface area contributed by atoms with Gasteiger partial charge in [-0.2, -0.15) is 0 Å². The number of aliphatic carboxylic acids is 1. The van der Waals surface area contributed by atoms with Gasteiger partial charge in [-0.15, -0.1) is 0 Å². The lowest BCUT2D eigenvalue weighted by Gasteiger charge is -2.35. The molecule has 1 amide bonds. The molecule has 0 bridgehead atoms. The third-order valence-electron chi connectivity index (χ3n) is 3.67. The van der Waals surface area contributed by atoms with Gasteiger partial charge in [0.15, 0.2) is 0 Å². The number of amides is 1. The van der Waals surface area contributed by atoms with Crippen LogP contribution in [0.25, 0.3) is 0 Å². The highest BCUT2D eigenvalue weighted by Gasteiger charge is 2.33. The number of carbonyl (C=O) groups excluding carboxylic acids is 1. The number of carboxylic acid groups (broad SMARTS) is 1. The number of hydrogen-bond donors (Lipinski definition) is 4. The molecule has 110 valence electrons. The smallest absolute Gasteiger partial charge is 0.303 e. The summed E-state index contributed by atoms with van der Waals surface area (Å²) in [6.07, 6.45) is 3.40. The molecule has 3 atom stereocenters. The minimum Gasteiger partial charge on any atom is -0.481 e. The molecule has 3 unspecified atom stereocenters. The molecule has 0 aliphatic heterocycles. The van der Waals surface area contributed by atoms with Crippen LogP contribution in [0.3, 0.4) is 0 Å². The first-order chi connectivity index (χ1) is 8.82. The number of rotatable bonds is 6. The zero-order valence-corrected chi connectivity index (χ0v) is 11.4. The predicted octanol–water partition coefficient (Wildman–Crippen LogP) is 0.236. The van der Waals surface area contributed by atoms with Crippen LogP contribution >= 0.6 is 0 Å². The van der Waals surface area contributed by atoms with Gasteiger partial charge in [-0.25, -0.2) is 0 Å². The molecule has 1 fully saturated rings. The van der Waals surface area contributed by atoms with Crippen LogP contribution in [-0.4, -0.2) is 40.3 Å². The number of nitrogens with two attached hydrogens (primary N) is 1. The number of nitrogens with one attached hydrogen (secondary N) is 1. The first-order valence-corrected chi connectivity index (χ1v) is 6.80. The molecule has 0 aromatic carbocycles. The molecule has 0 saturated heterocycles. The SMILES string of the molecule is CC1CCCC(O)(CNC(=O)C(N)CCC(=O)O)C1. The van der Waals surface area contributed by atoms with Gasteiger partial charge in [0.1, 0.15) is 0 Å². The topological polar surface area (TPSA) is 113 Å². The quantitative estimate of drug-likeness (QED) is 0.553. The maximum atomic E-state index is 11.7. The molecule has 6 nitrogen and oxygen atoms in total. The second-order valence-electron chi connectivity index (χ2n) is 5.68. The van der Waals surface area contributed by atoms with Gasteiger partial charge in [0.2, 0.25) is 5.91 Å². The molecule has 0 aromatic heterocycles. The molecule has 0 radical (unpaired) electrons. The molecule has 1 rings (SSSR count). The Morgan fingerprint density at radius 1 is 1.53 bits per heavy atom. The Bertz CT molecular complexity index is 335. The number of aliphatic hydroxyl groups is 1. The largest absolute Gasteiger partial charge is 0.481 e. The molecule has 19 heavy (non-hydrogen) atoms. The molecule has 0 aromatic rings. The van der Waals surface area contributed by atoms with E-state index < -0.39 is 23.5 Å². The Morgan fingerprint density at radius 2 is 2.21 bits per heavy atom. The lowest BCUT2D eigenvalue weighted by atomic mass is 9.79. The third kappa shape index (κ3) is 5.57. The van der Waals surface area contributed by atoms with Gasteiger partial charge in [0, 0.05) is 13.0 Å². The van der Waals surface area contributed by atoms with Gasteiger partial charge in [-0.1, -0.05) is 19.8 Å². The molecule has 1 saturated carbocycles. The van der Waals surface area contributed by atoms with Crippen LogP contribution < -0.4 is 11.1 Å². The standard InChI is InChI=1S/C13H24N2O4/c1-9-3-2-6-13(19,7-9)8-15-12(18)10(14)4-5-11(16)17/h9-10,19H,2-8,14H2,1H3,(H,15,18)(H,16,17). The van der Waals surface area contributed by atoms with Gasteiger partial charge in [-0.3, -0.25) is 9.59 Å². The van der Waals surface area contributed by atoms with Crippen molar-refractivity contribution < 1.29 is 19.8 Å². The Hall–Kier alpha value is -1.14. The monoisotopic (exact) mass is 272 g/mol. The van der Waals surface area contributed by atoms with E-state index >= 15 is 0 Å². The maximum absolute atomic E-state index is 11.7. The van der Waals surface area contributed by atoms with E-state index in [-0.39, 0.29) is 19.4 Å². The Balaban J connectivity index is 2.34. The summed E-state index contributed by atoms with van der Waals surface area (Å²) < 4.78 is 0. The highest BCUT2D eigenvalue weighted by molar-refractivity contribution is 5.82. The van der Waals surface area contributed by atoms with Crippen LogP contribution in [0.2, 0.25) is 0 Å². The van der Waals surface area contributed by atoms with Crippen LogP contribution in [0.4, 0.5) is 0 Å². The van der Waals surface area contributed by atoms with Crippen molar-refractivity contribution in [3.05, 3.63) is 0 Å². The van der Waals surface area contributed by atoms with E-state index in [9.17, 15) is 14.7 Å². The number of carbonyl (C=O) groups is 2. The van der Waals surface area contributed by atoms with Crippen molar-refractivity contribution in [1.82, 2.24) is 5.32 Å². The first-order valence-electron chi connectivity index (χ1n) is 6.80. The lowest BCUT2D eigenvalue weighted by Crippen LogP contribution is -2.49. The predicted molar refractivity (Wildman–Crippen MR) is 70.4 cm³/mol. The molecule has 0 spiro atoms. The van der Waals surface area contributed by atoms with Crippen molar-refractivity contribution in [3.8, 4) is 0 Å². The Labute approximate surface area is 113 Å². The zero-order chi connectivity index (χ0) is 14.5. The lowest BCUT2D eigenvalue weighted by molar-refractivity contribution is -0.137. The zero-order valence-electron chi connectivity index (χ0n) is 11.4. The van der Waals surface area contributed by atoms with E-state index in [1.54, 1.807) is 0 Å². The summed E-state index contributed by atoms with van der Waals surface area (Å²) >= 11 is 0. The summed E-state index contributed by atoms with van der Waals surface area (Å²) in [6, 6.07) is -0.833. The summed E-state index contributed by atoms with van der Waals surface area (Å²) in [5.74, 6) is -0.910. The molecule has 6 heteroatoms. The van der Waals surface area contributed by atoms with E-state index in [1.165, 1.54) is 0 Å². The summed E-state index contributed by atoms with van der Waals surface area (Å²) in [5.41, 5.74) is 4.75. The van der Waals surface area contributed by atoms with Crippen LogP contribution in [0, 0.1) is 5.92 Å². The molecule has 1 aliphatic rings. The van der Waals surface area contributed by atoms with Crippen molar-refractivity contribution in [2.45, 2.75) is 57.1 Å². The normalized spacial score (nSPS) is 28.7. The fourth-order valence-electron chi connectivity index (χ4n) is 2.59. The third-order valence-corrected chi connectivity index (χ3v) is 3.67. The number of carboxylic acids is 1. The maximum Gasteiger partial charge on any atom is 0.303 e. The molecule has 5 N–H and O–H groups in total. The van der Waals surface area contributed by atoms with Gasteiger partial charge in [0.05, 0.1) is 11.6 Å². The summed E-state index contributed by atoms with van der Waals surface area (Å²) in [5, 5.41) is 21.5. The van der Waals surface area contributed by atoms with Crippen LogP contribution in [0.5, 0.6) is 0 Å². The second-order valence-corrected chi connectivity index (χ2v) is 5.68. The summed E-state index contributed by atoms with van der Waals surface area (Å²) in [6.45, 7) is 2.28. The molecular weight excluding hydrogens is 248 g/mol. The van der Waals surface area contributed by atoms with E-state index in [1.807, 2.05) is 0 Å². The minimum atomic E-state index is -0.969. The highest BCUT2D eigenvalue weighted by atomic mass is 16.4. The Kier molecular flexibility index (Phi) is 5.75. The van der Waals surface area contributed by atoms with Crippen molar-refractivity contribution >= 4 is 11.9 Å². The molecule has 1 aliphatic carbocycles. The van der Waals surface area contributed by atoms with E-state index in [2.05, 4.69) is 12.2 Å². The fraction of sp³-hybridized carbons (Fsp3) is 0.846. The van der Waals surface area contributed by atoms with E-state index in [0.717, 1.165) is 12.8 Å². The number of hydrogen-bond acceptors (Lipinski definition) is 4. The van der Waals surface area contributed by atoms with Crippen molar-refractivity contribution in [2.75, 3.05) is 6.54 Å². The Morgan fingerprint density at radius 3 is 2.79 bits per heavy atom. The van der Waals surface area contributed by atoms with Crippen molar-refractivity contribution in [2.24, 2.45) is 11.7 Å². The fourth-order valence-corrected chi connectivity index (χ4v) is 2.59. The van der Waals surface area contributed by atoms with Crippen LogP contribution in [0.1, 0.15) is 45.4 Å². The van der Waals surface area contributed by atoms with Crippen LogP contribution in [0.15, 0.2) is 0 Å². The molecule has 0 heterocycles. The highest BCUT2D eigenvalue weighted by Crippen LogP contribution is 2.31. The van der Waals surface area contributed by atoms with Crippen molar-refractivity contribution in [3.63, 3.8) is 0 Å². The van der Waals surface area contributed by atoms with E-state index in [4.69, 9.17) is 10.8 Å². The second kappa shape index (κ2) is 6.86. The van der Waals surface area contributed by atoms with E-state index in [0.29, 0.717) is 18.8 Å². The minimum absolute atomic E-state index is 0.107. The van der Waals surface area contributed by atoms with Gasteiger partial charge in [-0.05, 0) is 25.2 Å². The first kappa shape index (κ1) is 15.9.